The van der Waals surface area contributed by atoms with Crippen molar-refractivity contribution in [1.82, 2.24) is 19.7 Å². The predicted molar refractivity (Wildman–Crippen MR) is 152 cm³/mol. The maximum atomic E-state index is 12.0. The van der Waals surface area contributed by atoms with E-state index in [0.717, 1.165) is 58.2 Å². The molecular formula is C32H27N6O2+. The highest BCUT2D eigenvalue weighted by Gasteiger charge is 2.34. The van der Waals surface area contributed by atoms with Crippen LogP contribution in [-0.4, -0.2) is 32.8 Å². The number of fused-ring (bicyclic) bond motifs is 3. The van der Waals surface area contributed by atoms with Gasteiger partial charge in [-0.3, -0.25) is 4.98 Å². The Labute approximate surface area is 230 Å². The number of pyridine rings is 3. The molecule has 0 amide bonds. The molecule has 2 aromatic carbocycles. The SMILES string of the molecule is COC(=O)c1ccc(-c2nn(-c3ccc(C4(N)CCC4)cc3)c3c4cc(-c5ccccc5)cnc4cc[n+]23)nc1. The van der Waals surface area contributed by atoms with Gasteiger partial charge in [-0.15, -0.1) is 0 Å². The highest BCUT2D eigenvalue weighted by atomic mass is 16.5. The lowest BCUT2D eigenvalue weighted by Gasteiger charge is -2.38. The van der Waals surface area contributed by atoms with Gasteiger partial charge in [0, 0.05) is 23.5 Å². The van der Waals surface area contributed by atoms with Crippen molar-refractivity contribution >= 4 is 22.5 Å². The second-order valence-corrected chi connectivity index (χ2v) is 10.2. The fraction of sp³-hybridized carbons (Fsp3) is 0.156. The molecule has 4 aromatic heterocycles. The number of nitrogens with zero attached hydrogens (tertiary/aromatic N) is 5. The fourth-order valence-electron chi connectivity index (χ4n) is 5.40. The third-order valence-corrected chi connectivity index (χ3v) is 7.85. The Balaban J connectivity index is 1.45. The van der Waals surface area contributed by atoms with Crippen molar-refractivity contribution in [2.75, 3.05) is 7.11 Å². The first kappa shape index (κ1) is 24.1. The molecule has 7 rings (SSSR count). The van der Waals surface area contributed by atoms with Gasteiger partial charge in [0.05, 0.1) is 34.9 Å². The number of benzene rings is 2. The minimum Gasteiger partial charge on any atom is -0.465 e. The first-order valence-corrected chi connectivity index (χ1v) is 13.3. The van der Waals surface area contributed by atoms with E-state index in [9.17, 15) is 4.79 Å². The Bertz CT molecular complexity index is 1880. The van der Waals surface area contributed by atoms with Crippen LogP contribution in [0.15, 0.2) is 97.5 Å². The molecule has 6 aromatic rings. The number of carbonyl (C=O) groups is 1. The summed E-state index contributed by atoms with van der Waals surface area (Å²) in [5.41, 5.74) is 13.2. The minimum absolute atomic E-state index is 0.239. The number of aromatic nitrogens is 5. The second kappa shape index (κ2) is 9.36. The largest absolute Gasteiger partial charge is 0.465 e. The lowest BCUT2D eigenvalue weighted by molar-refractivity contribution is -0.498. The summed E-state index contributed by atoms with van der Waals surface area (Å²) in [5, 5.41) is 6.00. The topological polar surface area (TPSA) is 100 Å². The molecule has 0 spiro atoms. The number of hydrogen-bond acceptors (Lipinski definition) is 6. The van der Waals surface area contributed by atoms with E-state index in [1.165, 1.54) is 13.3 Å². The fourth-order valence-corrected chi connectivity index (χ4v) is 5.40. The van der Waals surface area contributed by atoms with Crippen LogP contribution in [0, 0.1) is 0 Å². The quantitative estimate of drug-likeness (QED) is 0.250. The molecule has 1 saturated carbocycles. The number of ether oxygens (including phenoxy) is 1. The smallest absolute Gasteiger partial charge is 0.339 e. The van der Waals surface area contributed by atoms with Gasteiger partial charge in [0.2, 0.25) is 0 Å². The average Bonchev–Trinajstić information content (AvgIpc) is 3.40. The molecule has 0 saturated heterocycles. The predicted octanol–water partition coefficient (Wildman–Crippen LogP) is 5.01. The van der Waals surface area contributed by atoms with E-state index in [1.807, 2.05) is 45.7 Å². The van der Waals surface area contributed by atoms with Crippen LogP contribution in [0.3, 0.4) is 0 Å². The Morgan fingerprint density at radius 3 is 2.42 bits per heavy atom. The van der Waals surface area contributed by atoms with Crippen LogP contribution < -0.4 is 10.1 Å². The van der Waals surface area contributed by atoms with Crippen molar-refractivity contribution in [3.63, 3.8) is 0 Å². The molecule has 1 fully saturated rings. The molecule has 0 radical (unpaired) electrons. The minimum atomic E-state index is -0.433. The third-order valence-electron chi connectivity index (χ3n) is 7.85. The van der Waals surface area contributed by atoms with Crippen LogP contribution in [0.4, 0.5) is 0 Å². The molecule has 196 valence electrons. The molecule has 1 aliphatic rings. The summed E-state index contributed by atoms with van der Waals surface area (Å²) in [6.07, 6.45) is 8.53. The van der Waals surface area contributed by atoms with Gasteiger partial charge < -0.3 is 10.5 Å². The Kier molecular flexibility index (Phi) is 5.64. The molecule has 2 N–H and O–H groups in total. The molecule has 0 aliphatic heterocycles. The normalized spacial score (nSPS) is 14.2. The molecule has 8 nitrogen and oxygen atoms in total. The first-order chi connectivity index (χ1) is 19.5. The zero-order valence-corrected chi connectivity index (χ0v) is 22.0. The van der Waals surface area contributed by atoms with E-state index in [1.54, 1.807) is 12.1 Å². The van der Waals surface area contributed by atoms with Gasteiger partial charge in [-0.05, 0) is 66.8 Å². The van der Waals surface area contributed by atoms with Crippen molar-refractivity contribution in [3.8, 4) is 28.3 Å². The number of hydrogen-bond donors (Lipinski definition) is 1. The highest BCUT2D eigenvalue weighted by Crippen LogP contribution is 2.39. The molecular weight excluding hydrogens is 500 g/mol. The van der Waals surface area contributed by atoms with Crippen LogP contribution >= 0.6 is 0 Å². The number of esters is 1. The molecule has 4 heterocycles. The zero-order chi connectivity index (χ0) is 27.3. The van der Waals surface area contributed by atoms with Gasteiger partial charge in [0.15, 0.2) is 0 Å². The van der Waals surface area contributed by atoms with Crippen LogP contribution in [0.1, 0.15) is 35.2 Å². The van der Waals surface area contributed by atoms with Crippen LogP contribution in [-0.2, 0) is 10.3 Å². The van der Waals surface area contributed by atoms with Gasteiger partial charge >= 0.3 is 11.8 Å². The number of carbonyl (C=O) groups excluding carboxylic acids is 1. The lowest BCUT2D eigenvalue weighted by atomic mass is 9.73. The maximum absolute atomic E-state index is 12.0. The van der Waals surface area contributed by atoms with Crippen molar-refractivity contribution < 1.29 is 13.9 Å². The van der Waals surface area contributed by atoms with E-state index < -0.39 is 5.97 Å². The summed E-state index contributed by atoms with van der Waals surface area (Å²) < 4.78 is 8.78. The number of rotatable bonds is 5. The van der Waals surface area contributed by atoms with Gasteiger partial charge in [0.25, 0.3) is 5.65 Å². The summed E-state index contributed by atoms with van der Waals surface area (Å²) in [6, 6.07) is 26.2. The summed E-state index contributed by atoms with van der Waals surface area (Å²) >= 11 is 0. The Hall–Kier alpha value is -4.95. The lowest BCUT2D eigenvalue weighted by Crippen LogP contribution is -2.43. The van der Waals surface area contributed by atoms with E-state index >= 15 is 0 Å². The van der Waals surface area contributed by atoms with Gasteiger partial charge in [-0.1, -0.05) is 47.1 Å². The average molecular weight is 528 g/mol. The molecule has 1 aliphatic carbocycles. The molecule has 8 heteroatoms. The Morgan fingerprint density at radius 1 is 0.950 bits per heavy atom. The molecule has 0 bridgehead atoms. The highest BCUT2D eigenvalue weighted by molar-refractivity contribution is 5.93. The van der Waals surface area contributed by atoms with E-state index in [2.05, 4.69) is 47.4 Å². The standard InChI is InChI=1S/C32H27N6O2/c1-40-31(39)22-8-13-28(35-19-22)29-36-38(25-11-9-24(10-12-25)32(33)15-5-16-32)30-26-18-23(21-6-3-2-4-7-21)20-34-27(26)14-17-37(29)30/h2-4,6-14,17-20H,5,15-16,33H2,1H3/q+1. The van der Waals surface area contributed by atoms with Crippen LogP contribution in [0.5, 0.6) is 0 Å². The molecule has 40 heavy (non-hydrogen) atoms. The molecule has 0 unspecified atom stereocenters. The second-order valence-electron chi connectivity index (χ2n) is 10.2. The van der Waals surface area contributed by atoms with E-state index in [-0.39, 0.29) is 5.54 Å². The van der Waals surface area contributed by atoms with Gasteiger partial charge in [0.1, 0.15) is 11.4 Å². The van der Waals surface area contributed by atoms with Crippen molar-refractivity contribution in [1.29, 1.82) is 0 Å². The van der Waals surface area contributed by atoms with Crippen LogP contribution in [0.25, 0.3) is 44.9 Å². The maximum Gasteiger partial charge on any atom is 0.339 e. The van der Waals surface area contributed by atoms with Crippen molar-refractivity contribution in [2.24, 2.45) is 5.73 Å². The number of methoxy groups -OCH3 is 1. The first-order valence-electron chi connectivity index (χ1n) is 13.3. The summed E-state index contributed by atoms with van der Waals surface area (Å²) in [7, 11) is 1.35. The van der Waals surface area contributed by atoms with Crippen molar-refractivity contribution in [3.05, 3.63) is 109 Å². The third kappa shape index (κ3) is 3.92. The zero-order valence-electron chi connectivity index (χ0n) is 22.0. The number of nitrogens with two attached hydrogens (primary N) is 1. The van der Waals surface area contributed by atoms with Gasteiger partial charge in [-0.25, -0.2) is 9.78 Å². The summed E-state index contributed by atoms with van der Waals surface area (Å²) in [5.74, 6) is 0.202. The van der Waals surface area contributed by atoms with Gasteiger partial charge in [-0.2, -0.15) is 4.40 Å². The molecule has 0 atom stereocenters. The van der Waals surface area contributed by atoms with E-state index in [4.69, 9.17) is 20.6 Å². The van der Waals surface area contributed by atoms with Crippen molar-refractivity contribution in [2.45, 2.75) is 24.8 Å². The monoisotopic (exact) mass is 527 g/mol. The summed E-state index contributed by atoms with van der Waals surface area (Å²) in [4.78, 5) is 21.3. The Morgan fingerprint density at radius 2 is 1.75 bits per heavy atom. The van der Waals surface area contributed by atoms with Crippen LogP contribution in [0.2, 0.25) is 0 Å². The summed E-state index contributed by atoms with van der Waals surface area (Å²) in [6.45, 7) is 0. The van der Waals surface area contributed by atoms with E-state index in [0.29, 0.717) is 17.1 Å².